The van der Waals surface area contributed by atoms with Gasteiger partial charge in [0.25, 0.3) is 10.0 Å². The number of hydrogen-bond donors (Lipinski definition) is 0. The van der Waals surface area contributed by atoms with Gasteiger partial charge in [-0.1, -0.05) is 12.1 Å². The summed E-state index contributed by atoms with van der Waals surface area (Å²) in [6.07, 6.45) is 0. The zero-order valence-electron chi connectivity index (χ0n) is 14.4. The number of methoxy groups -OCH3 is 1. The van der Waals surface area contributed by atoms with Crippen LogP contribution in [0.15, 0.2) is 33.6 Å². The number of carbonyl (C=O) groups excluding carboxylic acids is 2. The first kappa shape index (κ1) is 18.7. The summed E-state index contributed by atoms with van der Waals surface area (Å²) in [5.41, 5.74) is 0.490. The Balaban J connectivity index is 1.72. The van der Waals surface area contributed by atoms with Crippen molar-refractivity contribution < 1.29 is 22.7 Å². The van der Waals surface area contributed by atoms with Crippen molar-refractivity contribution in [1.82, 2.24) is 9.80 Å². The minimum atomic E-state index is -3.73. The number of esters is 1. The molecule has 2 heterocycles. The predicted octanol–water partition coefficient (Wildman–Crippen LogP) is 0.184. The van der Waals surface area contributed by atoms with E-state index in [9.17, 15) is 18.0 Å². The van der Waals surface area contributed by atoms with Crippen LogP contribution in [0.2, 0.25) is 0 Å². The number of amides is 1. The average molecular weight is 397 g/mol. The third-order valence-electron chi connectivity index (χ3n) is 4.23. The summed E-state index contributed by atoms with van der Waals surface area (Å²) in [5.74, 6) is 0.366. The first-order valence-electron chi connectivity index (χ1n) is 7.96. The average Bonchev–Trinajstić information content (AvgIpc) is 2.93. The zero-order chi connectivity index (χ0) is 18.9. The van der Waals surface area contributed by atoms with Gasteiger partial charge in [-0.05, 0) is 12.1 Å². The standard InChI is InChI=1S/C16H19N3O5S2/c1-18(15-11-5-3-4-6-13(11)26(22,23)17-15)10-14(20)19-7-8-25-12(9-19)16(21)24-2/h3-6,12H,7-10H2,1-2H3/t12-/m1/s1. The van der Waals surface area contributed by atoms with Gasteiger partial charge in [0.2, 0.25) is 5.91 Å². The molecule has 2 aliphatic rings. The topological polar surface area (TPSA) is 96.3 Å². The van der Waals surface area contributed by atoms with Crippen molar-refractivity contribution in [3.63, 3.8) is 0 Å². The molecule has 10 heteroatoms. The predicted molar refractivity (Wildman–Crippen MR) is 97.6 cm³/mol. The van der Waals surface area contributed by atoms with Gasteiger partial charge in [0.15, 0.2) is 5.84 Å². The SMILES string of the molecule is COC(=O)[C@H]1CN(C(=O)CN(C)C2=NS(=O)(=O)c3ccccc32)CCS1. The molecule has 1 amide bonds. The molecule has 1 atom stereocenters. The zero-order valence-corrected chi connectivity index (χ0v) is 16.0. The highest BCUT2D eigenvalue weighted by Gasteiger charge is 2.33. The first-order chi connectivity index (χ1) is 12.3. The van der Waals surface area contributed by atoms with Gasteiger partial charge >= 0.3 is 5.97 Å². The van der Waals surface area contributed by atoms with Crippen molar-refractivity contribution in [1.29, 1.82) is 0 Å². The molecule has 140 valence electrons. The van der Waals surface area contributed by atoms with Gasteiger partial charge in [0, 0.05) is 31.5 Å². The summed E-state index contributed by atoms with van der Waals surface area (Å²) >= 11 is 1.47. The number of likely N-dealkylation sites (N-methyl/N-ethyl adjacent to an activating group) is 1. The molecule has 26 heavy (non-hydrogen) atoms. The number of amidine groups is 1. The number of sulfonamides is 1. The fourth-order valence-corrected chi connectivity index (χ4v) is 5.27. The van der Waals surface area contributed by atoms with Crippen molar-refractivity contribution in [2.24, 2.45) is 4.40 Å². The van der Waals surface area contributed by atoms with E-state index in [1.54, 1.807) is 30.1 Å². The number of rotatable bonds is 3. The maximum atomic E-state index is 12.6. The number of nitrogens with zero attached hydrogens (tertiary/aromatic N) is 3. The molecule has 0 saturated carbocycles. The Morgan fingerprint density at radius 1 is 1.38 bits per heavy atom. The number of hydrogen-bond acceptors (Lipinski definition) is 7. The summed E-state index contributed by atoms with van der Waals surface area (Å²) in [5, 5.41) is -0.395. The smallest absolute Gasteiger partial charge is 0.320 e. The monoisotopic (exact) mass is 397 g/mol. The summed E-state index contributed by atoms with van der Waals surface area (Å²) in [6.45, 7) is 0.790. The van der Waals surface area contributed by atoms with Gasteiger partial charge in [-0.2, -0.15) is 8.42 Å². The largest absolute Gasteiger partial charge is 0.468 e. The second-order valence-electron chi connectivity index (χ2n) is 5.96. The van der Waals surface area contributed by atoms with Gasteiger partial charge < -0.3 is 14.5 Å². The molecular weight excluding hydrogens is 378 g/mol. The maximum Gasteiger partial charge on any atom is 0.320 e. The lowest BCUT2D eigenvalue weighted by molar-refractivity contribution is -0.141. The van der Waals surface area contributed by atoms with E-state index in [4.69, 9.17) is 4.74 Å². The molecule has 0 spiro atoms. The van der Waals surface area contributed by atoms with Gasteiger partial charge in [-0.3, -0.25) is 9.59 Å². The number of carbonyl (C=O) groups is 2. The Bertz CT molecular complexity index is 868. The van der Waals surface area contributed by atoms with Crippen LogP contribution in [0.3, 0.4) is 0 Å². The molecule has 0 bridgehead atoms. The third-order valence-corrected chi connectivity index (χ3v) is 6.72. The van der Waals surface area contributed by atoms with E-state index in [-0.39, 0.29) is 35.7 Å². The molecule has 0 radical (unpaired) electrons. The van der Waals surface area contributed by atoms with Crippen LogP contribution in [-0.2, 0) is 24.3 Å². The summed E-state index contributed by atoms with van der Waals surface area (Å²) in [6, 6.07) is 6.54. The summed E-state index contributed by atoms with van der Waals surface area (Å²) < 4.78 is 32.8. The second-order valence-corrected chi connectivity index (χ2v) is 8.85. The third kappa shape index (κ3) is 3.56. The van der Waals surface area contributed by atoms with Crippen LogP contribution in [0.5, 0.6) is 0 Å². The van der Waals surface area contributed by atoms with Crippen molar-refractivity contribution in [2.45, 2.75) is 10.1 Å². The Labute approximate surface area is 156 Å². The van der Waals surface area contributed by atoms with E-state index in [0.29, 0.717) is 17.9 Å². The molecule has 1 saturated heterocycles. The Hall–Kier alpha value is -2.07. The van der Waals surface area contributed by atoms with Crippen molar-refractivity contribution >= 4 is 39.5 Å². The Morgan fingerprint density at radius 2 is 2.12 bits per heavy atom. The number of ether oxygens (including phenoxy) is 1. The van der Waals surface area contributed by atoms with Crippen LogP contribution < -0.4 is 0 Å². The van der Waals surface area contributed by atoms with Crippen molar-refractivity contribution in [3.8, 4) is 0 Å². The molecule has 8 nitrogen and oxygen atoms in total. The lowest BCUT2D eigenvalue weighted by atomic mass is 10.2. The highest BCUT2D eigenvalue weighted by molar-refractivity contribution is 8.00. The molecule has 1 fully saturated rings. The maximum absolute atomic E-state index is 12.6. The molecule has 0 unspecified atom stereocenters. The molecule has 1 aromatic rings. The lowest BCUT2D eigenvalue weighted by Crippen LogP contribution is -2.48. The highest BCUT2D eigenvalue weighted by atomic mass is 32.2. The molecule has 0 N–H and O–H groups in total. The van der Waals surface area contributed by atoms with E-state index >= 15 is 0 Å². The minimum Gasteiger partial charge on any atom is -0.468 e. The lowest BCUT2D eigenvalue weighted by Gasteiger charge is -2.32. The van der Waals surface area contributed by atoms with Crippen molar-refractivity contribution in [3.05, 3.63) is 29.8 Å². The molecule has 1 aromatic carbocycles. The molecule has 2 aliphatic heterocycles. The van der Waals surface area contributed by atoms with Crippen LogP contribution in [0, 0.1) is 0 Å². The van der Waals surface area contributed by atoms with Crippen LogP contribution in [0.4, 0.5) is 0 Å². The molecule has 3 rings (SSSR count). The van der Waals surface area contributed by atoms with Crippen LogP contribution >= 0.6 is 11.8 Å². The van der Waals surface area contributed by atoms with Crippen LogP contribution in [-0.4, -0.2) is 80.7 Å². The van der Waals surface area contributed by atoms with Gasteiger partial charge in [0.05, 0.1) is 13.7 Å². The van der Waals surface area contributed by atoms with Gasteiger partial charge in [0.1, 0.15) is 10.1 Å². The molecule has 0 aliphatic carbocycles. The van der Waals surface area contributed by atoms with Gasteiger partial charge in [-0.25, -0.2) is 0 Å². The molecular formula is C16H19N3O5S2. The Morgan fingerprint density at radius 3 is 2.85 bits per heavy atom. The van der Waals surface area contributed by atoms with Crippen molar-refractivity contribution in [2.75, 3.05) is 39.5 Å². The number of fused-ring (bicyclic) bond motifs is 1. The van der Waals surface area contributed by atoms with E-state index < -0.39 is 15.3 Å². The summed E-state index contributed by atoms with van der Waals surface area (Å²) in [7, 11) is -0.770. The van der Waals surface area contributed by atoms with Crippen LogP contribution in [0.25, 0.3) is 0 Å². The quantitative estimate of drug-likeness (QED) is 0.672. The fourth-order valence-electron chi connectivity index (χ4n) is 2.89. The molecule has 0 aromatic heterocycles. The summed E-state index contributed by atoms with van der Waals surface area (Å²) in [4.78, 5) is 27.6. The van der Waals surface area contributed by atoms with E-state index in [0.717, 1.165) is 0 Å². The second kappa shape index (κ2) is 7.28. The van der Waals surface area contributed by atoms with E-state index in [1.165, 1.54) is 29.8 Å². The van der Waals surface area contributed by atoms with E-state index in [1.807, 2.05) is 0 Å². The minimum absolute atomic E-state index is 0.0265. The van der Waals surface area contributed by atoms with Crippen LogP contribution in [0.1, 0.15) is 5.56 Å². The van der Waals surface area contributed by atoms with E-state index in [2.05, 4.69) is 4.40 Å². The first-order valence-corrected chi connectivity index (χ1v) is 10.4. The number of benzene rings is 1. The van der Waals surface area contributed by atoms with Gasteiger partial charge in [-0.15, -0.1) is 16.2 Å². The Kier molecular flexibility index (Phi) is 5.24. The fraction of sp³-hybridized carbons (Fsp3) is 0.438. The normalized spacial score (nSPS) is 20.9. The highest BCUT2D eigenvalue weighted by Crippen LogP contribution is 2.27. The number of thioether (sulfide) groups is 1.